The zero-order valence-corrected chi connectivity index (χ0v) is 15.8. The molecule has 0 fully saturated rings. The highest BCUT2D eigenvalue weighted by Gasteiger charge is 2.16. The third-order valence-corrected chi connectivity index (χ3v) is 3.93. The number of rotatable bonds is 6. The highest BCUT2D eigenvalue weighted by atomic mass is 16.5. The fourth-order valence-corrected chi connectivity index (χ4v) is 2.50. The van der Waals surface area contributed by atoms with Gasteiger partial charge in [0.1, 0.15) is 11.5 Å². The van der Waals surface area contributed by atoms with Gasteiger partial charge in [0.25, 0.3) is 5.91 Å². The van der Waals surface area contributed by atoms with Gasteiger partial charge in [0.05, 0.1) is 6.10 Å². The van der Waals surface area contributed by atoms with Crippen molar-refractivity contribution in [2.24, 2.45) is 0 Å². The molecule has 1 amide bonds. The molecule has 1 atom stereocenters. The molecule has 0 aliphatic rings. The van der Waals surface area contributed by atoms with Crippen LogP contribution in [0.2, 0.25) is 0 Å². The summed E-state index contributed by atoms with van der Waals surface area (Å²) in [6.07, 6.45) is -0.471. The Morgan fingerprint density at radius 2 is 1.60 bits per heavy atom. The van der Waals surface area contributed by atoms with E-state index in [4.69, 9.17) is 9.47 Å². The predicted molar refractivity (Wildman–Crippen MR) is 102 cm³/mol. The average Bonchev–Trinajstić information content (AvgIpc) is 2.53. The lowest BCUT2D eigenvalue weighted by atomic mass is 10.1. The van der Waals surface area contributed by atoms with E-state index < -0.39 is 6.10 Å². The zero-order valence-electron chi connectivity index (χ0n) is 15.8. The van der Waals surface area contributed by atoms with Crippen molar-refractivity contribution >= 4 is 11.6 Å². The minimum Gasteiger partial charge on any atom is -0.491 e. The van der Waals surface area contributed by atoms with E-state index in [1.807, 2.05) is 65.0 Å². The van der Waals surface area contributed by atoms with E-state index >= 15 is 0 Å². The maximum absolute atomic E-state index is 12.4. The van der Waals surface area contributed by atoms with Gasteiger partial charge in [-0.1, -0.05) is 6.07 Å². The van der Waals surface area contributed by atoms with Crippen molar-refractivity contribution in [2.45, 2.75) is 53.8 Å². The number of carbonyl (C=O) groups is 1. The molecule has 0 aliphatic heterocycles. The Balaban J connectivity index is 2.01. The van der Waals surface area contributed by atoms with Gasteiger partial charge < -0.3 is 14.8 Å². The molecule has 134 valence electrons. The average molecular weight is 341 g/mol. The molecule has 4 nitrogen and oxygen atoms in total. The van der Waals surface area contributed by atoms with Crippen LogP contribution in [0, 0.1) is 20.8 Å². The summed E-state index contributed by atoms with van der Waals surface area (Å²) in [5, 5.41) is 2.87. The molecule has 0 bridgehead atoms. The molecule has 0 spiro atoms. The highest BCUT2D eigenvalue weighted by Crippen LogP contribution is 2.24. The Kier molecular flexibility index (Phi) is 6.07. The summed E-state index contributed by atoms with van der Waals surface area (Å²) in [6, 6.07) is 11.4. The first-order chi connectivity index (χ1) is 11.8. The smallest absolute Gasteiger partial charge is 0.265 e. The number of nitrogens with one attached hydrogen (secondary N) is 1. The number of aryl methyl sites for hydroxylation is 2. The lowest BCUT2D eigenvalue weighted by molar-refractivity contribution is -0.122. The third kappa shape index (κ3) is 5.24. The molecule has 0 saturated heterocycles. The molecule has 0 aromatic heterocycles. The van der Waals surface area contributed by atoms with Gasteiger partial charge >= 0.3 is 0 Å². The van der Waals surface area contributed by atoms with Gasteiger partial charge in [-0.2, -0.15) is 0 Å². The zero-order chi connectivity index (χ0) is 18.6. The lowest BCUT2D eigenvalue weighted by Crippen LogP contribution is -2.30. The van der Waals surface area contributed by atoms with Crippen LogP contribution in [0.4, 0.5) is 5.69 Å². The first kappa shape index (κ1) is 18.8. The summed E-state index contributed by atoms with van der Waals surface area (Å²) in [6.45, 7) is 11.8. The Labute approximate surface area is 150 Å². The molecular formula is C21H27NO3. The van der Waals surface area contributed by atoms with Gasteiger partial charge in [-0.25, -0.2) is 0 Å². The van der Waals surface area contributed by atoms with Crippen molar-refractivity contribution in [3.05, 3.63) is 53.1 Å². The molecular weight excluding hydrogens is 314 g/mol. The maximum Gasteiger partial charge on any atom is 0.265 e. The van der Waals surface area contributed by atoms with Crippen molar-refractivity contribution in [1.29, 1.82) is 0 Å². The second kappa shape index (κ2) is 8.06. The lowest BCUT2D eigenvalue weighted by Gasteiger charge is -2.18. The number of ether oxygens (including phenoxy) is 2. The second-order valence-corrected chi connectivity index (χ2v) is 6.65. The summed E-state index contributed by atoms with van der Waals surface area (Å²) < 4.78 is 11.5. The number of hydrogen-bond donors (Lipinski definition) is 1. The molecule has 1 N–H and O–H groups in total. The van der Waals surface area contributed by atoms with Crippen LogP contribution in [-0.4, -0.2) is 18.1 Å². The molecule has 1 unspecified atom stereocenters. The first-order valence-corrected chi connectivity index (χ1v) is 8.58. The van der Waals surface area contributed by atoms with Gasteiger partial charge in [-0.3, -0.25) is 4.79 Å². The Morgan fingerprint density at radius 3 is 2.20 bits per heavy atom. The van der Waals surface area contributed by atoms with Crippen molar-refractivity contribution < 1.29 is 14.3 Å². The van der Waals surface area contributed by atoms with E-state index in [1.54, 1.807) is 6.92 Å². The predicted octanol–water partition coefficient (Wildman–Crippen LogP) is 4.81. The van der Waals surface area contributed by atoms with Crippen LogP contribution in [-0.2, 0) is 4.79 Å². The summed E-state index contributed by atoms with van der Waals surface area (Å²) in [5.41, 5.74) is 4.05. The molecule has 4 heteroatoms. The van der Waals surface area contributed by atoms with Crippen molar-refractivity contribution in [3.8, 4) is 11.5 Å². The van der Waals surface area contributed by atoms with Crippen molar-refractivity contribution in [2.75, 3.05) is 5.32 Å². The summed E-state index contributed by atoms with van der Waals surface area (Å²) in [4.78, 5) is 12.4. The molecule has 25 heavy (non-hydrogen) atoms. The maximum atomic E-state index is 12.4. The van der Waals surface area contributed by atoms with Crippen LogP contribution in [0.25, 0.3) is 0 Å². The third-order valence-electron chi connectivity index (χ3n) is 3.93. The number of benzene rings is 2. The second-order valence-electron chi connectivity index (χ2n) is 6.65. The number of hydrogen-bond acceptors (Lipinski definition) is 3. The Morgan fingerprint density at radius 1 is 0.960 bits per heavy atom. The van der Waals surface area contributed by atoms with E-state index in [0.717, 1.165) is 28.2 Å². The number of carbonyl (C=O) groups excluding carboxylic acids is 1. The van der Waals surface area contributed by atoms with E-state index in [0.29, 0.717) is 5.69 Å². The molecule has 2 rings (SSSR count). The molecule has 2 aromatic rings. The Hall–Kier alpha value is -2.49. The van der Waals surface area contributed by atoms with Gasteiger partial charge in [0.2, 0.25) is 0 Å². The topological polar surface area (TPSA) is 47.6 Å². The fraction of sp³-hybridized carbons (Fsp3) is 0.381. The molecule has 2 aromatic carbocycles. The van der Waals surface area contributed by atoms with Crippen molar-refractivity contribution in [1.82, 2.24) is 0 Å². The monoisotopic (exact) mass is 341 g/mol. The van der Waals surface area contributed by atoms with E-state index in [9.17, 15) is 4.79 Å². The van der Waals surface area contributed by atoms with Gasteiger partial charge in [-0.05, 0) is 88.6 Å². The van der Waals surface area contributed by atoms with Crippen LogP contribution in [0.5, 0.6) is 11.5 Å². The van der Waals surface area contributed by atoms with E-state index in [1.165, 1.54) is 0 Å². The van der Waals surface area contributed by atoms with Gasteiger partial charge in [-0.15, -0.1) is 0 Å². The molecule has 0 radical (unpaired) electrons. The first-order valence-electron chi connectivity index (χ1n) is 8.58. The Bertz CT molecular complexity index is 736. The molecule has 0 saturated carbocycles. The van der Waals surface area contributed by atoms with Gasteiger partial charge in [0.15, 0.2) is 6.10 Å². The summed E-state index contributed by atoms with van der Waals surface area (Å²) in [7, 11) is 0. The van der Waals surface area contributed by atoms with Crippen LogP contribution in [0.15, 0.2) is 36.4 Å². The minimum atomic E-state index is -0.591. The summed E-state index contributed by atoms with van der Waals surface area (Å²) >= 11 is 0. The van der Waals surface area contributed by atoms with Crippen LogP contribution >= 0.6 is 0 Å². The van der Waals surface area contributed by atoms with Crippen LogP contribution < -0.4 is 14.8 Å². The minimum absolute atomic E-state index is 0.120. The number of anilines is 1. The number of amides is 1. The fourth-order valence-electron chi connectivity index (χ4n) is 2.50. The SMILES string of the molecule is Cc1cc(C)c(C)c(OC(C)C(=O)Nc2ccc(OC(C)C)cc2)c1. The van der Waals surface area contributed by atoms with Gasteiger partial charge in [0, 0.05) is 5.69 Å². The molecule has 0 heterocycles. The van der Waals surface area contributed by atoms with E-state index in [-0.39, 0.29) is 12.0 Å². The molecule has 0 aliphatic carbocycles. The largest absolute Gasteiger partial charge is 0.491 e. The standard InChI is InChI=1S/C21H27NO3/c1-13(2)24-19-9-7-18(8-10-19)22-21(23)17(6)25-20-12-14(3)11-15(4)16(20)5/h7-13,17H,1-6H3,(H,22,23). The normalized spacial score (nSPS) is 12.0. The summed E-state index contributed by atoms with van der Waals surface area (Å²) in [5.74, 6) is 1.35. The highest BCUT2D eigenvalue weighted by molar-refractivity contribution is 5.94. The van der Waals surface area contributed by atoms with Crippen LogP contribution in [0.1, 0.15) is 37.5 Å². The van der Waals surface area contributed by atoms with Crippen LogP contribution in [0.3, 0.4) is 0 Å². The quantitative estimate of drug-likeness (QED) is 0.820. The van der Waals surface area contributed by atoms with Crippen molar-refractivity contribution in [3.63, 3.8) is 0 Å². The van der Waals surface area contributed by atoms with E-state index in [2.05, 4.69) is 11.4 Å².